The third-order valence-corrected chi connectivity index (χ3v) is 2.98. The predicted octanol–water partition coefficient (Wildman–Crippen LogP) is 2.46. The van der Waals surface area contributed by atoms with Crippen molar-refractivity contribution in [3.05, 3.63) is 22.2 Å². The second-order valence-corrected chi connectivity index (χ2v) is 4.88. The summed E-state index contributed by atoms with van der Waals surface area (Å²) in [5.74, 6) is 1.34. The number of nitrogens with two attached hydrogens (primary N) is 1. The number of rotatable bonds is 7. The molecule has 1 aromatic rings. The summed E-state index contributed by atoms with van der Waals surface area (Å²) in [4.78, 5) is 0. The Morgan fingerprint density at radius 1 is 1.39 bits per heavy atom. The van der Waals surface area contributed by atoms with Gasteiger partial charge in [0, 0.05) is 13.0 Å². The van der Waals surface area contributed by atoms with E-state index in [1.54, 1.807) is 6.92 Å². The molecule has 0 fully saturated rings. The van der Waals surface area contributed by atoms with Gasteiger partial charge in [-0.3, -0.25) is 0 Å². The maximum atomic E-state index is 9.22. The van der Waals surface area contributed by atoms with Gasteiger partial charge in [-0.25, -0.2) is 0 Å². The summed E-state index contributed by atoms with van der Waals surface area (Å²) < 4.78 is 12.0. The zero-order valence-corrected chi connectivity index (χ0v) is 12.4. The Hall–Kier alpha value is -0.780. The molecule has 0 radical (unpaired) electrons. The van der Waals surface area contributed by atoms with E-state index in [0.29, 0.717) is 37.7 Å². The lowest BCUT2D eigenvalue weighted by Crippen LogP contribution is -2.09. The van der Waals surface area contributed by atoms with Gasteiger partial charge in [0.25, 0.3) is 0 Å². The summed E-state index contributed by atoms with van der Waals surface area (Å²) in [6.07, 6.45) is 0.207. The molecule has 0 aliphatic carbocycles. The van der Waals surface area contributed by atoms with Gasteiger partial charge in [0.1, 0.15) is 0 Å². The molecule has 3 N–H and O–H groups in total. The van der Waals surface area contributed by atoms with Crippen LogP contribution < -0.4 is 15.2 Å². The van der Waals surface area contributed by atoms with Crippen molar-refractivity contribution in [2.24, 2.45) is 5.73 Å². The van der Waals surface area contributed by atoms with Crippen LogP contribution in [-0.4, -0.2) is 24.4 Å². The highest BCUT2D eigenvalue weighted by atomic mass is 79.9. The Labute approximate surface area is 116 Å². The first-order valence-electron chi connectivity index (χ1n) is 6.04. The van der Waals surface area contributed by atoms with Crippen LogP contribution in [-0.2, 0) is 6.54 Å². The summed E-state index contributed by atoms with van der Waals surface area (Å²) in [5.41, 5.74) is 6.60. The van der Waals surface area contributed by atoms with Gasteiger partial charge >= 0.3 is 0 Å². The second kappa shape index (κ2) is 7.61. The summed E-state index contributed by atoms with van der Waals surface area (Å²) in [5, 5.41) is 9.22. The Morgan fingerprint density at radius 2 is 2.11 bits per heavy atom. The maximum Gasteiger partial charge on any atom is 0.175 e. The van der Waals surface area contributed by atoms with E-state index in [9.17, 15) is 5.11 Å². The predicted molar refractivity (Wildman–Crippen MR) is 75.0 cm³/mol. The number of aliphatic hydroxyl groups is 1. The molecule has 4 nitrogen and oxygen atoms in total. The molecule has 1 atom stereocenters. The molecule has 1 unspecified atom stereocenters. The molecule has 102 valence electrons. The molecular formula is C13H20BrNO3. The molecule has 0 aliphatic heterocycles. The topological polar surface area (TPSA) is 64.7 Å². The van der Waals surface area contributed by atoms with Gasteiger partial charge in [0.05, 0.1) is 23.8 Å². The highest BCUT2D eigenvalue weighted by Gasteiger charge is 2.12. The van der Waals surface area contributed by atoms with Crippen LogP contribution in [0.5, 0.6) is 11.5 Å². The molecule has 18 heavy (non-hydrogen) atoms. The molecule has 0 saturated carbocycles. The first kappa shape index (κ1) is 15.3. The first-order valence-corrected chi connectivity index (χ1v) is 6.83. The molecule has 0 amide bonds. The number of hydrogen-bond donors (Lipinski definition) is 2. The minimum atomic E-state index is -0.373. The molecular weight excluding hydrogens is 298 g/mol. The minimum absolute atomic E-state index is 0.373. The quantitative estimate of drug-likeness (QED) is 0.810. The summed E-state index contributed by atoms with van der Waals surface area (Å²) >= 11 is 3.45. The van der Waals surface area contributed by atoms with E-state index in [4.69, 9.17) is 15.2 Å². The van der Waals surface area contributed by atoms with E-state index in [0.717, 1.165) is 10.0 Å². The van der Waals surface area contributed by atoms with Crippen molar-refractivity contribution in [3.63, 3.8) is 0 Å². The Balaban J connectivity index is 2.86. The van der Waals surface area contributed by atoms with Crippen LogP contribution >= 0.6 is 15.9 Å². The van der Waals surface area contributed by atoms with E-state index in [1.807, 2.05) is 19.1 Å². The zero-order chi connectivity index (χ0) is 13.5. The molecule has 0 bridgehead atoms. The number of aliphatic hydroxyl groups excluding tert-OH is 1. The number of ether oxygens (including phenoxy) is 2. The fourth-order valence-corrected chi connectivity index (χ4v) is 2.08. The van der Waals surface area contributed by atoms with Crippen molar-refractivity contribution in [3.8, 4) is 11.5 Å². The van der Waals surface area contributed by atoms with E-state index < -0.39 is 0 Å². The Kier molecular flexibility index (Phi) is 6.46. The fourth-order valence-electron chi connectivity index (χ4n) is 1.47. The zero-order valence-electron chi connectivity index (χ0n) is 10.8. The monoisotopic (exact) mass is 317 g/mol. The van der Waals surface area contributed by atoms with Crippen LogP contribution in [0.3, 0.4) is 0 Å². The third kappa shape index (κ3) is 4.48. The lowest BCUT2D eigenvalue weighted by molar-refractivity contribution is 0.153. The van der Waals surface area contributed by atoms with Gasteiger partial charge < -0.3 is 20.3 Å². The molecule has 5 heteroatoms. The fraction of sp³-hybridized carbons (Fsp3) is 0.538. The van der Waals surface area contributed by atoms with E-state index in [1.165, 1.54) is 0 Å². The average molecular weight is 318 g/mol. The molecule has 1 rings (SSSR count). The summed E-state index contributed by atoms with van der Waals surface area (Å²) in [6.45, 7) is 5.11. The van der Waals surface area contributed by atoms with Gasteiger partial charge in [-0.1, -0.05) is 0 Å². The van der Waals surface area contributed by atoms with Crippen LogP contribution in [0, 0.1) is 0 Å². The minimum Gasteiger partial charge on any atom is -0.490 e. The van der Waals surface area contributed by atoms with Crippen molar-refractivity contribution in [1.82, 2.24) is 0 Å². The average Bonchev–Trinajstić information content (AvgIpc) is 2.32. The van der Waals surface area contributed by atoms with Gasteiger partial charge in [-0.2, -0.15) is 0 Å². The van der Waals surface area contributed by atoms with Gasteiger partial charge in [-0.05, 0) is 47.5 Å². The second-order valence-electron chi connectivity index (χ2n) is 4.03. The van der Waals surface area contributed by atoms with Crippen molar-refractivity contribution in [1.29, 1.82) is 0 Å². The van der Waals surface area contributed by atoms with Crippen LogP contribution in [0.25, 0.3) is 0 Å². The Morgan fingerprint density at radius 3 is 2.67 bits per heavy atom. The van der Waals surface area contributed by atoms with Crippen LogP contribution in [0.15, 0.2) is 16.6 Å². The van der Waals surface area contributed by atoms with Crippen molar-refractivity contribution < 1.29 is 14.6 Å². The van der Waals surface area contributed by atoms with Crippen molar-refractivity contribution in [2.75, 3.05) is 13.2 Å². The number of benzene rings is 1. The van der Waals surface area contributed by atoms with Gasteiger partial charge in [0.15, 0.2) is 11.5 Å². The van der Waals surface area contributed by atoms with Gasteiger partial charge in [-0.15, -0.1) is 0 Å². The number of halogens is 1. The normalized spacial score (nSPS) is 12.3. The number of hydrogen-bond acceptors (Lipinski definition) is 4. The van der Waals surface area contributed by atoms with Crippen molar-refractivity contribution in [2.45, 2.75) is 32.9 Å². The largest absolute Gasteiger partial charge is 0.490 e. The smallest absolute Gasteiger partial charge is 0.175 e. The lowest BCUT2D eigenvalue weighted by Gasteiger charge is -2.15. The van der Waals surface area contributed by atoms with Crippen molar-refractivity contribution >= 4 is 15.9 Å². The van der Waals surface area contributed by atoms with Crippen LogP contribution in [0.1, 0.15) is 25.8 Å². The molecule has 0 spiro atoms. The first-order chi connectivity index (χ1) is 8.58. The molecule has 1 aromatic carbocycles. The summed E-state index contributed by atoms with van der Waals surface area (Å²) in [6, 6.07) is 3.80. The highest BCUT2D eigenvalue weighted by molar-refractivity contribution is 9.10. The van der Waals surface area contributed by atoms with E-state index in [-0.39, 0.29) is 6.10 Å². The maximum absolute atomic E-state index is 9.22. The standard InChI is InChI=1S/C13H20BrNO3/c1-3-17-12-7-10(8-15)6-11(14)13(12)18-5-4-9(2)16/h6-7,9,16H,3-5,8,15H2,1-2H3. The molecule has 0 aromatic heterocycles. The molecule has 0 heterocycles. The highest BCUT2D eigenvalue weighted by Crippen LogP contribution is 2.37. The third-order valence-electron chi connectivity index (χ3n) is 2.39. The Bertz CT molecular complexity index is 383. The van der Waals surface area contributed by atoms with Gasteiger partial charge in [0.2, 0.25) is 0 Å². The molecule has 0 aliphatic rings. The van der Waals surface area contributed by atoms with E-state index in [2.05, 4.69) is 15.9 Å². The van der Waals surface area contributed by atoms with Crippen LogP contribution in [0.4, 0.5) is 0 Å². The van der Waals surface area contributed by atoms with Crippen LogP contribution in [0.2, 0.25) is 0 Å². The molecule has 0 saturated heterocycles. The summed E-state index contributed by atoms with van der Waals surface area (Å²) in [7, 11) is 0. The lowest BCUT2D eigenvalue weighted by atomic mass is 10.2. The van der Waals surface area contributed by atoms with E-state index >= 15 is 0 Å². The SMILES string of the molecule is CCOc1cc(CN)cc(Br)c1OCCC(C)O.